The summed E-state index contributed by atoms with van der Waals surface area (Å²) < 4.78 is 0. The minimum Gasteiger partial charge on any atom is -0.368 e. The minimum atomic E-state index is -0.281. The Labute approximate surface area is 114 Å². The van der Waals surface area contributed by atoms with Crippen LogP contribution in [0.1, 0.15) is 36.8 Å². The van der Waals surface area contributed by atoms with E-state index in [1.54, 1.807) is 0 Å². The van der Waals surface area contributed by atoms with Gasteiger partial charge in [0.1, 0.15) is 0 Å². The molecule has 1 saturated carbocycles. The number of hydrogen-bond donors (Lipinski definition) is 2. The van der Waals surface area contributed by atoms with Gasteiger partial charge in [-0.05, 0) is 37.0 Å². The van der Waals surface area contributed by atoms with Gasteiger partial charge < -0.3 is 16.4 Å². The Balaban J connectivity index is 2.35. The standard InChI is InChI=1S/C15H23N3O/c1-11-6-7-12(9-16)14(8-11)18(10-15(17)19)13-4-2-3-5-13/h6-8,13H,2-5,9-10,16H2,1H3,(H2,17,19). The first kappa shape index (κ1) is 13.9. The van der Waals surface area contributed by atoms with E-state index in [1.165, 1.54) is 18.4 Å². The number of nitrogens with two attached hydrogens (primary N) is 2. The molecular weight excluding hydrogens is 238 g/mol. The highest BCUT2D eigenvalue weighted by Crippen LogP contribution is 2.30. The van der Waals surface area contributed by atoms with Crippen molar-refractivity contribution in [3.63, 3.8) is 0 Å². The van der Waals surface area contributed by atoms with E-state index in [9.17, 15) is 4.79 Å². The average molecular weight is 261 g/mol. The van der Waals surface area contributed by atoms with Crippen LogP contribution in [0, 0.1) is 6.92 Å². The summed E-state index contributed by atoms with van der Waals surface area (Å²) in [6.45, 7) is 2.82. The molecule has 4 heteroatoms. The van der Waals surface area contributed by atoms with Crippen molar-refractivity contribution in [2.45, 2.75) is 45.2 Å². The number of nitrogens with zero attached hydrogens (tertiary/aromatic N) is 1. The number of primary amides is 1. The lowest BCUT2D eigenvalue weighted by molar-refractivity contribution is -0.116. The average Bonchev–Trinajstić information content (AvgIpc) is 2.89. The molecule has 1 aromatic rings. The van der Waals surface area contributed by atoms with Crippen molar-refractivity contribution < 1.29 is 4.79 Å². The van der Waals surface area contributed by atoms with E-state index in [-0.39, 0.29) is 12.5 Å². The first-order chi connectivity index (χ1) is 9.11. The Kier molecular flexibility index (Phi) is 4.43. The fourth-order valence-corrected chi connectivity index (χ4v) is 2.91. The molecule has 1 amide bonds. The molecule has 1 aromatic carbocycles. The van der Waals surface area contributed by atoms with E-state index in [2.05, 4.69) is 24.0 Å². The normalized spacial score (nSPS) is 15.7. The molecule has 0 bridgehead atoms. The summed E-state index contributed by atoms with van der Waals surface area (Å²) in [7, 11) is 0. The van der Waals surface area contributed by atoms with Crippen LogP contribution in [0.3, 0.4) is 0 Å². The predicted molar refractivity (Wildman–Crippen MR) is 77.9 cm³/mol. The second kappa shape index (κ2) is 6.06. The first-order valence-electron chi connectivity index (χ1n) is 6.96. The van der Waals surface area contributed by atoms with E-state index in [0.717, 1.165) is 24.1 Å². The lowest BCUT2D eigenvalue weighted by Crippen LogP contribution is -2.40. The van der Waals surface area contributed by atoms with Gasteiger partial charge in [0.2, 0.25) is 5.91 Å². The number of aryl methyl sites for hydroxylation is 1. The minimum absolute atomic E-state index is 0.279. The highest BCUT2D eigenvalue weighted by molar-refractivity contribution is 5.80. The number of carbonyl (C=O) groups is 1. The van der Waals surface area contributed by atoms with E-state index < -0.39 is 0 Å². The molecule has 0 aliphatic heterocycles. The summed E-state index contributed by atoms with van der Waals surface area (Å²) >= 11 is 0. The van der Waals surface area contributed by atoms with E-state index in [1.807, 2.05) is 6.07 Å². The maximum absolute atomic E-state index is 11.4. The van der Waals surface area contributed by atoms with Crippen molar-refractivity contribution in [2.75, 3.05) is 11.4 Å². The highest BCUT2D eigenvalue weighted by atomic mass is 16.1. The summed E-state index contributed by atoms with van der Waals surface area (Å²) in [5.41, 5.74) is 14.6. The Morgan fingerprint density at radius 3 is 2.63 bits per heavy atom. The number of hydrogen-bond acceptors (Lipinski definition) is 3. The molecule has 1 aliphatic carbocycles. The highest BCUT2D eigenvalue weighted by Gasteiger charge is 2.25. The van der Waals surface area contributed by atoms with Crippen molar-refractivity contribution >= 4 is 11.6 Å². The molecule has 0 spiro atoms. The molecule has 0 heterocycles. The zero-order valence-corrected chi connectivity index (χ0v) is 11.6. The van der Waals surface area contributed by atoms with Crippen LogP contribution < -0.4 is 16.4 Å². The van der Waals surface area contributed by atoms with E-state index in [0.29, 0.717) is 12.6 Å². The summed E-state index contributed by atoms with van der Waals surface area (Å²) in [4.78, 5) is 13.5. The van der Waals surface area contributed by atoms with Gasteiger partial charge in [-0.3, -0.25) is 4.79 Å². The van der Waals surface area contributed by atoms with Gasteiger partial charge in [0.15, 0.2) is 0 Å². The van der Waals surface area contributed by atoms with Gasteiger partial charge in [0, 0.05) is 18.3 Å². The molecule has 104 valence electrons. The Morgan fingerprint density at radius 2 is 2.05 bits per heavy atom. The van der Waals surface area contributed by atoms with E-state index >= 15 is 0 Å². The lowest BCUT2D eigenvalue weighted by Gasteiger charge is -2.32. The van der Waals surface area contributed by atoms with Crippen molar-refractivity contribution in [3.8, 4) is 0 Å². The molecule has 0 radical (unpaired) electrons. The second-order valence-electron chi connectivity index (χ2n) is 5.37. The van der Waals surface area contributed by atoms with Crippen molar-refractivity contribution in [1.29, 1.82) is 0 Å². The lowest BCUT2D eigenvalue weighted by atomic mass is 10.1. The smallest absolute Gasteiger partial charge is 0.236 e. The van der Waals surface area contributed by atoms with Crippen LogP contribution in [0.25, 0.3) is 0 Å². The Hall–Kier alpha value is -1.55. The largest absolute Gasteiger partial charge is 0.368 e. The zero-order chi connectivity index (χ0) is 13.8. The fourth-order valence-electron chi connectivity index (χ4n) is 2.91. The topological polar surface area (TPSA) is 72.3 Å². The molecule has 19 heavy (non-hydrogen) atoms. The molecule has 4 N–H and O–H groups in total. The molecular formula is C15H23N3O. The Bertz CT molecular complexity index is 453. The van der Waals surface area contributed by atoms with Gasteiger partial charge in [-0.15, -0.1) is 0 Å². The van der Waals surface area contributed by atoms with Gasteiger partial charge in [0.25, 0.3) is 0 Å². The van der Waals surface area contributed by atoms with Crippen LogP contribution in [0.5, 0.6) is 0 Å². The van der Waals surface area contributed by atoms with Crippen LogP contribution in [0.4, 0.5) is 5.69 Å². The quantitative estimate of drug-likeness (QED) is 0.847. The number of carbonyl (C=O) groups excluding carboxylic acids is 1. The maximum Gasteiger partial charge on any atom is 0.236 e. The third-order valence-electron chi connectivity index (χ3n) is 3.86. The zero-order valence-electron chi connectivity index (χ0n) is 11.6. The molecule has 0 aromatic heterocycles. The van der Waals surface area contributed by atoms with Crippen molar-refractivity contribution in [1.82, 2.24) is 0 Å². The summed E-state index contributed by atoms with van der Waals surface area (Å²) in [5, 5.41) is 0. The van der Waals surface area contributed by atoms with E-state index in [4.69, 9.17) is 11.5 Å². The monoisotopic (exact) mass is 261 g/mol. The number of benzene rings is 1. The number of amides is 1. The van der Waals surface area contributed by atoms with Gasteiger partial charge in [-0.1, -0.05) is 25.0 Å². The van der Waals surface area contributed by atoms with Gasteiger partial charge >= 0.3 is 0 Å². The molecule has 4 nitrogen and oxygen atoms in total. The molecule has 0 unspecified atom stereocenters. The molecule has 1 fully saturated rings. The van der Waals surface area contributed by atoms with Gasteiger partial charge in [0.05, 0.1) is 6.54 Å². The van der Waals surface area contributed by atoms with Crippen LogP contribution in [0.15, 0.2) is 18.2 Å². The third kappa shape index (κ3) is 3.26. The molecule has 1 aliphatic rings. The van der Waals surface area contributed by atoms with Crippen LogP contribution in [-0.2, 0) is 11.3 Å². The predicted octanol–water partition coefficient (Wildman–Crippen LogP) is 1.69. The molecule has 0 atom stereocenters. The first-order valence-corrected chi connectivity index (χ1v) is 6.96. The summed E-state index contributed by atoms with van der Waals surface area (Å²) in [5.74, 6) is -0.281. The van der Waals surface area contributed by atoms with Crippen molar-refractivity contribution in [3.05, 3.63) is 29.3 Å². The second-order valence-corrected chi connectivity index (χ2v) is 5.37. The summed E-state index contributed by atoms with van der Waals surface area (Å²) in [6, 6.07) is 6.64. The molecule has 2 rings (SSSR count). The number of rotatable bonds is 5. The Morgan fingerprint density at radius 1 is 1.37 bits per heavy atom. The van der Waals surface area contributed by atoms with Crippen LogP contribution in [-0.4, -0.2) is 18.5 Å². The summed E-state index contributed by atoms with van der Waals surface area (Å²) in [6.07, 6.45) is 4.71. The fraction of sp³-hybridized carbons (Fsp3) is 0.533. The van der Waals surface area contributed by atoms with Gasteiger partial charge in [-0.2, -0.15) is 0 Å². The third-order valence-corrected chi connectivity index (χ3v) is 3.86. The van der Waals surface area contributed by atoms with Crippen LogP contribution >= 0.6 is 0 Å². The molecule has 0 saturated heterocycles. The number of anilines is 1. The van der Waals surface area contributed by atoms with Crippen LogP contribution in [0.2, 0.25) is 0 Å². The maximum atomic E-state index is 11.4. The van der Waals surface area contributed by atoms with Gasteiger partial charge in [-0.25, -0.2) is 0 Å². The van der Waals surface area contributed by atoms with Crippen molar-refractivity contribution in [2.24, 2.45) is 11.5 Å². The SMILES string of the molecule is Cc1ccc(CN)c(N(CC(N)=O)C2CCCC2)c1.